The zero-order valence-corrected chi connectivity index (χ0v) is 14.9. The highest BCUT2D eigenvalue weighted by atomic mass is 16.5. The number of fused-ring (bicyclic) bond motifs is 3. The summed E-state index contributed by atoms with van der Waals surface area (Å²) in [6.45, 7) is 0.771. The lowest BCUT2D eigenvalue weighted by molar-refractivity contribution is -0.690. The normalized spacial score (nSPS) is 16.7. The molecule has 0 unspecified atom stereocenters. The number of aromatic amines is 1. The van der Waals surface area contributed by atoms with Crippen molar-refractivity contribution in [2.45, 2.75) is 12.5 Å². The molecule has 0 bridgehead atoms. The first-order valence-corrected chi connectivity index (χ1v) is 8.44. The Balaban J connectivity index is 1.98. The Morgan fingerprint density at radius 1 is 1.27 bits per heavy atom. The number of nitrogens with two attached hydrogens (primary N) is 1. The van der Waals surface area contributed by atoms with Gasteiger partial charge in [0.05, 0.1) is 19.3 Å². The number of ether oxygens (including phenoxy) is 1. The van der Waals surface area contributed by atoms with Crippen LogP contribution in [0, 0.1) is 0 Å². The summed E-state index contributed by atoms with van der Waals surface area (Å²) in [5.41, 5.74) is 2.14. The van der Waals surface area contributed by atoms with Gasteiger partial charge in [-0.3, -0.25) is 13.9 Å². The molecule has 3 heterocycles. The first-order chi connectivity index (χ1) is 12.4. The van der Waals surface area contributed by atoms with Gasteiger partial charge in [-0.25, -0.2) is 4.79 Å². The number of H-pyrrole nitrogens is 1. The Labute approximate surface area is 148 Å². The van der Waals surface area contributed by atoms with Crippen molar-refractivity contribution in [2.75, 3.05) is 13.7 Å². The van der Waals surface area contributed by atoms with E-state index in [9.17, 15) is 14.7 Å². The Morgan fingerprint density at radius 3 is 2.77 bits per heavy atom. The number of nitrogens with one attached hydrogen (secondary N) is 1. The smallest absolute Gasteiger partial charge is 0.333 e. The molecule has 0 amide bonds. The molecule has 2 aromatic heterocycles. The van der Waals surface area contributed by atoms with E-state index < -0.39 is 17.3 Å². The zero-order valence-electron chi connectivity index (χ0n) is 14.9. The van der Waals surface area contributed by atoms with Crippen LogP contribution in [0.1, 0.15) is 22.9 Å². The average Bonchev–Trinajstić information content (AvgIpc) is 3.03. The van der Waals surface area contributed by atoms with Crippen LogP contribution >= 0.6 is 0 Å². The molecule has 1 aliphatic heterocycles. The van der Waals surface area contributed by atoms with Crippen molar-refractivity contribution in [2.24, 2.45) is 14.1 Å². The molecular formula is C18H21N4O4+. The van der Waals surface area contributed by atoms with Crippen LogP contribution in [0.4, 0.5) is 0 Å². The number of nitrogens with zero attached hydrogens (tertiary/aromatic N) is 2. The molecule has 136 valence electrons. The van der Waals surface area contributed by atoms with Gasteiger partial charge in [0, 0.05) is 31.4 Å². The van der Waals surface area contributed by atoms with Crippen molar-refractivity contribution in [3.8, 4) is 11.6 Å². The minimum atomic E-state index is -0.548. The molecule has 4 rings (SSSR count). The third-order valence-corrected chi connectivity index (χ3v) is 5.23. The van der Waals surface area contributed by atoms with Crippen molar-refractivity contribution in [3.63, 3.8) is 0 Å². The van der Waals surface area contributed by atoms with E-state index in [4.69, 9.17) is 4.74 Å². The molecule has 26 heavy (non-hydrogen) atoms. The van der Waals surface area contributed by atoms with Gasteiger partial charge in [0.2, 0.25) is 5.88 Å². The van der Waals surface area contributed by atoms with Gasteiger partial charge in [0.1, 0.15) is 11.3 Å². The Morgan fingerprint density at radius 2 is 2.04 bits per heavy atom. The van der Waals surface area contributed by atoms with Gasteiger partial charge in [-0.05, 0) is 23.8 Å². The summed E-state index contributed by atoms with van der Waals surface area (Å²) in [7, 11) is 4.51. The number of hydrogen-bond donors (Lipinski definition) is 3. The van der Waals surface area contributed by atoms with Crippen molar-refractivity contribution in [3.05, 3.63) is 55.9 Å². The van der Waals surface area contributed by atoms with Gasteiger partial charge in [0.15, 0.2) is 6.04 Å². The van der Waals surface area contributed by atoms with E-state index in [-0.39, 0.29) is 11.4 Å². The number of hydrogen-bond acceptors (Lipinski definition) is 4. The van der Waals surface area contributed by atoms with Gasteiger partial charge in [-0.1, -0.05) is 0 Å². The molecule has 1 atom stereocenters. The van der Waals surface area contributed by atoms with Gasteiger partial charge in [-0.2, -0.15) is 0 Å². The summed E-state index contributed by atoms with van der Waals surface area (Å²) < 4.78 is 7.46. The van der Waals surface area contributed by atoms with Crippen LogP contribution in [0.15, 0.2) is 27.8 Å². The first kappa shape index (κ1) is 16.5. The topological polar surface area (TPSA) is 106 Å². The average molecular weight is 357 g/mol. The third kappa shape index (κ3) is 2.19. The van der Waals surface area contributed by atoms with Gasteiger partial charge in [-0.15, -0.1) is 0 Å². The van der Waals surface area contributed by atoms with Crippen LogP contribution in [0.5, 0.6) is 11.6 Å². The van der Waals surface area contributed by atoms with Crippen molar-refractivity contribution >= 4 is 10.9 Å². The molecule has 0 radical (unpaired) electrons. The van der Waals surface area contributed by atoms with Crippen molar-refractivity contribution < 1.29 is 15.2 Å². The zero-order chi connectivity index (χ0) is 18.6. The number of aromatic hydroxyl groups is 1. The number of aromatic nitrogens is 3. The van der Waals surface area contributed by atoms with E-state index >= 15 is 0 Å². The lowest BCUT2D eigenvalue weighted by Crippen LogP contribution is -2.88. The standard InChI is InChI=1S/C18H20N4O4/c1-21-16(23)13(17(24)22(2)18(21)25)15-14-10(6-7-19-15)11-8-9(26-3)4-5-12(11)20-14/h4-5,8,15,19-20,23H,6-7H2,1-3H3/p+1/t15-/m0/s1. The molecule has 0 spiro atoms. The summed E-state index contributed by atoms with van der Waals surface area (Å²) in [4.78, 5) is 28.1. The molecule has 3 aromatic rings. The Hall–Kier alpha value is -3.00. The van der Waals surface area contributed by atoms with Gasteiger partial charge < -0.3 is 20.1 Å². The largest absolute Gasteiger partial charge is 0.497 e. The van der Waals surface area contributed by atoms with Crippen LogP contribution < -0.4 is 21.3 Å². The van der Waals surface area contributed by atoms with Crippen LogP contribution in [-0.4, -0.2) is 32.9 Å². The molecule has 0 fully saturated rings. The number of rotatable bonds is 2. The lowest BCUT2D eigenvalue weighted by atomic mass is 9.95. The van der Waals surface area contributed by atoms with E-state index in [1.54, 1.807) is 7.11 Å². The maximum Gasteiger partial charge on any atom is 0.333 e. The summed E-state index contributed by atoms with van der Waals surface area (Å²) in [6.07, 6.45) is 0.839. The summed E-state index contributed by atoms with van der Waals surface area (Å²) >= 11 is 0. The highest BCUT2D eigenvalue weighted by molar-refractivity contribution is 5.86. The van der Waals surface area contributed by atoms with Crippen molar-refractivity contribution in [1.29, 1.82) is 0 Å². The second kappa shape index (κ2) is 5.77. The fourth-order valence-electron chi connectivity index (χ4n) is 3.82. The minimum absolute atomic E-state index is 0.217. The molecule has 8 heteroatoms. The van der Waals surface area contributed by atoms with E-state index in [0.29, 0.717) is 0 Å². The molecule has 8 nitrogen and oxygen atoms in total. The quantitative estimate of drug-likeness (QED) is 0.574. The molecule has 1 aromatic carbocycles. The molecule has 0 saturated carbocycles. The third-order valence-electron chi connectivity index (χ3n) is 5.23. The number of benzene rings is 1. The van der Waals surface area contributed by atoms with E-state index in [0.717, 1.165) is 50.0 Å². The summed E-state index contributed by atoms with van der Waals surface area (Å²) in [5.74, 6) is 0.481. The van der Waals surface area contributed by atoms with Gasteiger partial charge >= 0.3 is 5.69 Å². The Bertz CT molecular complexity index is 1140. The van der Waals surface area contributed by atoms with E-state index in [1.807, 2.05) is 23.5 Å². The SMILES string of the molecule is COc1ccc2[nH]c3c(c2c1)CC[NH2+][C@H]3c1c(O)n(C)c(=O)n(C)c1=O. The highest BCUT2D eigenvalue weighted by Crippen LogP contribution is 2.33. The second-order valence-corrected chi connectivity index (χ2v) is 6.62. The molecule has 0 aliphatic carbocycles. The predicted molar refractivity (Wildman–Crippen MR) is 95.8 cm³/mol. The molecule has 0 saturated heterocycles. The Kier molecular flexibility index (Phi) is 3.66. The molecule has 1 aliphatic rings. The van der Waals surface area contributed by atoms with Crippen LogP contribution in [0.25, 0.3) is 10.9 Å². The summed E-state index contributed by atoms with van der Waals surface area (Å²) in [6, 6.07) is 5.40. The molecule has 4 N–H and O–H groups in total. The van der Waals surface area contributed by atoms with E-state index in [1.165, 1.54) is 14.1 Å². The fraction of sp³-hybridized carbons (Fsp3) is 0.333. The lowest BCUT2D eigenvalue weighted by Gasteiger charge is -2.22. The molecular weight excluding hydrogens is 336 g/mol. The fourth-order valence-corrected chi connectivity index (χ4v) is 3.82. The maximum atomic E-state index is 12.7. The minimum Gasteiger partial charge on any atom is -0.497 e. The van der Waals surface area contributed by atoms with Crippen LogP contribution in [0.2, 0.25) is 0 Å². The number of methoxy groups -OCH3 is 1. The maximum absolute atomic E-state index is 12.7. The van der Waals surface area contributed by atoms with Crippen molar-refractivity contribution in [1.82, 2.24) is 14.1 Å². The van der Waals surface area contributed by atoms with Gasteiger partial charge in [0.25, 0.3) is 5.56 Å². The van der Waals surface area contributed by atoms with Crippen LogP contribution in [0.3, 0.4) is 0 Å². The highest BCUT2D eigenvalue weighted by Gasteiger charge is 2.34. The summed E-state index contributed by atoms with van der Waals surface area (Å²) in [5, 5.41) is 13.6. The monoisotopic (exact) mass is 357 g/mol. The number of quaternary nitrogens is 1. The second-order valence-electron chi connectivity index (χ2n) is 6.62. The van der Waals surface area contributed by atoms with E-state index in [2.05, 4.69) is 4.98 Å². The van der Waals surface area contributed by atoms with Crippen LogP contribution in [-0.2, 0) is 20.5 Å². The first-order valence-electron chi connectivity index (χ1n) is 8.44. The predicted octanol–water partition coefficient (Wildman–Crippen LogP) is -0.512.